The molecule has 5 nitrogen and oxygen atoms in total. The fraction of sp³-hybridized carbons (Fsp3) is 0. The first-order valence-electron chi connectivity index (χ1n) is 18.7. The molecule has 8 aromatic carbocycles. The molecule has 0 spiro atoms. The Balaban J connectivity index is 1.03. The van der Waals surface area contributed by atoms with E-state index < -0.39 is 0 Å². The van der Waals surface area contributed by atoms with Crippen LogP contribution >= 0.6 is 0 Å². The number of rotatable bonds is 6. The van der Waals surface area contributed by atoms with Crippen LogP contribution < -0.4 is 0 Å². The van der Waals surface area contributed by atoms with Gasteiger partial charge in [0.15, 0.2) is 17.5 Å². The third kappa shape index (κ3) is 5.45. The van der Waals surface area contributed by atoms with E-state index in [1.165, 1.54) is 0 Å². The van der Waals surface area contributed by atoms with Crippen LogP contribution in [0, 0.1) is 0 Å². The third-order valence-corrected chi connectivity index (χ3v) is 10.6. The van der Waals surface area contributed by atoms with E-state index in [0.717, 1.165) is 93.9 Å². The number of hydrogen-bond acceptors (Lipinski definition) is 5. The molecular formula is C51H31N3O2. The van der Waals surface area contributed by atoms with Crippen molar-refractivity contribution in [1.82, 2.24) is 15.0 Å². The van der Waals surface area contributed by atoms with Crippen LogP contribution in [-0.4, -0.2) is 15.0 Å². The average molecular weight is 718 g/mol. The van der Waals surface area contributed by atoms with Crippen molar-refractivity contribution in [3.05, 3.63) is 188 Å². The van der Waals surface area contributed by atoms with Crippen LogP contribution in [0.5, 0.6) is 0 Å². The molecule has 0 radical (unpaired) electrons. The van der Waals surface area contributed by atoms with Crippen molar-refractivity contribution in [3.8, 4) is 67.5 Å². The van der Waals surface area contributed by atoms with E-state index >= 15 is 0 Å². The molecule has 262 valence electrons. The Kier molecular flexibility index (Phi) is 7.42. The van der Waals surface area contributed by atoms with Crippen molar-refractivity contribution in [1.29, 1.82) is 0 Å². The normalized spacial score (nSPS) is 11.6. The van der Waals surface area contributed by atoms with E-state index in [0.29, 0.717) is 17.5 Å². The van der Waals surface area contributed by atoms with Crippen LogP contribution in [0.1, 0.15) is 0 Å². The van der Waals surface area contributed by atoms with Crippen LogP contribution in [0.25, 0.3) is 111 Å². The van der Waals surface area contributed by atoms with E-state index in [1.54, 1.807) is 0 Å². The molecule has 0 aliphatic heterocycles. The number of fused-ring (bicyclic) bond motifs is 6. The van der Waals surface area contributed by atoms with Gasteiger partial charge in [-0.25, -0.2) is 15.0 Å². The van der Waals surface area contributed by atoms with Crippen LogP contribution in [0.15, 0.2) is 197 Å². The van der Waals surface area contributed by atoms with Gasteiger partial charge in [0.2, 0.25) is 0 Å². The molecule has 0 N–H and O–H groups in total. The molecule has 0 atom stereocenters. The topological polar surface area (TPSA) is 65.0 Å². The molecule has 0 saturated carbocycles. The average Bonchev–Trinajstić information content (AvgIpc) is 3.86. The highest BCUT2D eigenvalue weighted by atomic mass is 16.3. The van der Waals surface area contributed by atoms with Gasteiger partial charge in [0, 0.05) is 38.2 Å². The van der Waals surface area contributed by atoms with Crippen LogP contribution in [0.4, 0.5) is 0 Å². The van der Waals surface area contributed by atoms with Crippen molar-refractivity contribution < 1.29 is 8.83 Å². The summed E-state index contributed by atoms with van der Waals surface area (Å²) in [4.78, 5) is 15.3. The SMILES string of the molecule is c1ccc(-c2ccc(-c3nc(-c4ccc(-c5cccc6oc7ccccc7c56)cc4)nc(-c4cccc(-c5cccc6oc7ccccc7c56)c4)n3)cc2)cc1. The van der Waals surface area contributed by atoms with Gasteiger partial charge in [-0.1, -0.05) is 158 Å². The summed E-state index contributed by atoms with van der Waals surface area (Å²) in [5, 5.41) is 4.40. The maximum Gasteiger partial charge on any atom is 0.164 e. The summed E-state index contributed by atoms with van der Waals surface area (Å²) in [6.07, 6.45) is 0. The lowest BCUT2D eigenvalue weighted by atomic mass is 9.97. The summed E-state index contributed by atoms with van der Waals surface area (Å²) in [5.74, 6) is 1.81. The minimum Gasteiger partial charge on any atom is -0.456 e. The van der Waals surface area contributed by atoms with Gasteiger partial charge in [0.05, 0.1) is 0 Å². The summed E-state index contributed by atoms with van der Waals surface area (Å²) < 4.78 is 12.4. The molecule has 0 fully saturated rings. The van der Waals surface area contributed by atoms with E-state index in [-0.39, 0.29) is 0 Å². The standard InChI is InChI=1S/C51H31N3O2/c1-2-11-32(12-3-1)33-23-27-35(28-24-33)49-52-50(36-29-25-34(26-30-36)39-17-9-21-45-47(39)41-15-4-6-19-43(41)55-45)54-51(53-49)38-14-8-13-37(31-38)40-18-10-22-46-48(40)42-16-5-7-20-44(42)56-46/h1-31H. The van der Waals surface area contributed by atoms with Gasteiger partial charge in [-0.05, 0) is 63.7 Å². The van der Waals surface area contributed by atoms with Gasteiger partial charge in [-0.3, -0.25) is 0 Å². The predicted octanol–water partition coefficient (Wildman–Crippen LogP) is 13.7. The van der Waals surface area contributed by atoms with Crippen molar-refractivity contribution in [2.24, 2.45) is 0 Å². The Morgan fingerprint density at radius 2 is 0.661 bits per heavy atom. The third-order valence-electron chi connectivity index (χ3n) is 10.6. The maximum atomic E-state index is 6.23. The number of hydrogen-bond donors (Lipinski definition) is 0. The molecule has 0 saturated heterocycles. The molecule has 3 aromatic heterocycles. The minimum absolute atomic E-state index is 0.599. The Morgan fingerprint density at radius 1 is 0.268 bits per heavy atom. The zero-order valence-electron chi connectivity index (χ0n) is 30.1. The van der Waals surface area contributed by atoms with Crippen LogP contribution in [-0.2, 0) is 0 Å². The Morgan fingerprint density at radius 3 is 1.25 bits per heavy atom. The molecule has 0 unspecified atom stereocenters. The summed E-state index contributed by atoms with van der Waals surface area (Å²) >= 11 is 0. The first kappa shape index (κ1) is 31.9. The second-order valence-corrected chi connectivity index (χ2v) is 14.0. The lowest BCUT2D eigenvalue weighted by molar-refractivity contribution is 0.668. The Bertz CT molecular complexity index is 3230. The molecule has 0 aliphatic rings. The number of para-hydroxylation sites is 2. The van der Waals surface area contributed by atoms with Gasteiger partial charge in [-0.2, -0.15) is 0 Å². The second kappa shape index (κ2) is 13.0. The summed E-state index contributed by atoms with van der Waals surface area (Å²) in [5.41, 5.74) is 12.8. The predicted molar refractivity (Wildman–Crippen MR) is 227 cm³/mol. The van der Waals surface area contributed by atoms with Gasteiger partial charge in [0.25, 0.3) is 0 Å². The Labute approximate surface area is 322 Å². The van der Waals surface area contributed by atoms with Gasteiger partial charge in [0.1, 0.15) is 22.3 Å². The summed E-state index contributed by atoms with van der Waals surface area (Å²) in [6.45, 7) is 0. The number of furan rings is 2. The lowest BCUT2D eigenvalue weighted by Gasteiger charge is -2.11. The summed E-state index contributed by atoms with van der Waals surface area (Å²) in [7, 11) is 0. The zero-order valence-corrected chi connectivity index (χ0v) is 30.1. The van der Waals surface area contributed by atoms with E-state index in [9.17, 15) is 0 Å². The molecular weight excluding hydrogens is 687 g/mol. The van der Waals surface area contributed by atoms with Gasteiger partial charge in [-0.15, -0.1) is 0 Å². The molecule has 0 amide bonds. The quantitative estimate of drug-likeness (QED) is 0.171. The highest BCUT2D eigenvalue weighted by molar-refractivity contribution is 6.13. The monoisotopic (exact) mass is 717 g/mol. The van der Waals surface area contributed by atoms with Crippen molar-refractivity contribution in [2.45, 2.75) is 0 Å². The lowest BCUT2D eigenvalue weighted by Crippen LogP contribution is -2.00. The highest BCUT2D eigenvalue weighted by Gasteiger charge is 2.17. The number of benzene rings is 8. The van der Waals surface area contributed by atoms with Crippen molar-refractivity contribution in [3.63, 3.8) is 0 Å². The smallest absolute Gasteiger partial charge is 0.164 e. The first-order chi connectivity index (χ1) is 27.7. The van der Waals surface area contributed by atoms with Crippen LogP contribution in [0.2, 0.25) is 0 Å². The van der Waals surface area contributed by atoms with Gasteiger partial charge < -0.3 is 8.83 Å². The minimum atomic E-state index is 0.599. The van der Waals surface area contributed by atoms with E-state index in [4.69, 9.17) is 23.8 Å². The first-order valence-corrected chi connectivity index (χ1v) is 18.7. The van der Waals surface area contributed by atoms with Crippen molar-refractivity contribution >= 4 is 43.9 Å². The van der Waals surface area contributed by atoms with E-state index in [1.807, 2.05) is 54.6 Å². The largest absolute Gasteiger partial charge is 0.456 e. The van der Waals surface area contributed by atoms with Crippen LogP contribution in [0.3, 0.4) is 0 Å². The molecule has 0 aliphatic carbocycles. The second-order valence-electron chi connectivity index (χ2n) is 14.0. The molecule has 11 aromatic rings. The number of nitrogens with zero attached hydrogens (tertiary/aromatic N) is 3. The van der Waals surface area contributed by atoms with Gasteiger partial charge >= 0.3 is 0 Å². The molecule has 5 heteroatoms. The fourth-order valence-electron chi connectivity index (χ4n) is 7.86. The molecule has 0 bridgehead atoms. The maximum absolute atomic E-state index is 6.23. The zero-order chi connectivity index (χ0) is 37.0. The molecule has 56 heavy (non-hydrogen) atoms. The highest BCUT2D eigenvalue weighted by Crippen LogP contribution is 2.39. The molecule has 3 heterocycles. The fourth-order valence-corrected chi connectivity index (χ4v) is 7.86. The Hall–Kier alpha value is -7.63. The number of aromatic nitrogens is 3. The summed E-state index contributed by atoms with van der Waals surface area (Å²) in [6, 6.07) is 64.5. The van der Waals surface area contributed by atoms with Crippen molar-refractivity contribution in [2.75, 3.05) is 0 Å². The molecule has 11 rings (SSSR count). The van der Waals surface area contributed by atoms with E-state index in [2.05, 4.69) is 133 Å².